The molecule has 0 saturated carbocycles. The first-order valence-corrected chi connectivity index (χ1v) is 6.63. The second-order valence-corrected chi connectivity index (χ2v) is 5.32. The molecule has 4 nitrogen and oxygen atoms in total. The number of nitrogens with one attached hydrogen (secondary N) is 1. The van der Waals surface area contributed by atoms with Gasteiger partial charge in [0.25, 0.3) is 5.91 Å². The predicted molar refractivity (Wildman–Crippen MR) is 78.0 cm³/mol. The number of halogens is 3. The molecule has 0 spiro atoms. The Hall–Kier alpha value is -1.30. The molecular weight excluding hydrogens is 355 g/mol. The van der Waals surface area contributed by atoms with Gasteiger partial charge in [-0.2, -0.15) is 0 Å². The number of aromatic hydroxyl groups is 1. The number of nitrogens with zero attached hydrogens (tertiary/aromatic N) is 1. The van der Waals surface area contributed by atoms with Crippen LogP contribution < -0.4 is 5.32 Å². The number of pyridine rings is 1. The maximum Gasteiger partial charge on any atom is 0.259 e. The Morgan fingerprint density at radius 2 is 1.95 bits per heavy atom. The van der Waals surface area contributed by atoms with Gasteiger partial charge in [0.1, 0.15) is 5.75 Å². The Kier molecular flexibility index (Phi) is 4.29. The highest BCUT2D eigenvalue weighted by molar-refractivity contribution is 9.10. The van der Waals surface area contributed by atoms with E-state index in [1.54, 1.807) is 12.1 Å². The van der Waals surface area contributed by atoms with Gasteiger partial charge in [-0.1, -0.05) is 39.1 Å². The number of amides is 1. The smallest absolute Gasteiger partial charge is 0.259 e. The molecule has 1 aromatic carbocycles. The molecule has 1 aromatic heterocycles. The summed E-state index contributed by atoms with van der Waals surface area (Å²) in [5.74, 6) is -0.740. The summed E-state index contributed by atoms with van der Waals surface area (Å²) in [4.78, 5) is 15.7. The van der Waals surface area contributed by atoms with Crippen LogP contribution in [0.5, 0.6) is 5.75 Å². The average Bonchev–Trinajstić information content (AvgIpc) is 2.34. The second-order valence-electron chi connectivity index (χ2n) is 3.59. The van der Waals surface area contributed by atoms with Crippen LogP contribution >= 0.6 is 39.1 Å². The molecule has 0 bridgehead atoms. The van der Waals surface area contributed by atoms with Gasteiger partial charge in [0, 0.05) is 10.7 Å². The van der Waals surface area contributed by atoms with Crippen molar-refractivity contribution in [3.8, 4) is 5.75 Å². The van der Waals surface area contributed by atoms with E-state index in [4.69, 9.17) is 23.2 Å². The SMILES string of the molecule is O=C(Nc1c(Cl)cc(Br)cc1Cl)c1ccncc1O. The Balaban J connectivity index is 2.32. The number of carbonyl (C=O) groups excluding carboxylic acids is 1. The van der Waals surface area contributed by atoms with Gasteiger partial charge in [-0.15, -0.1) is 0 Å². The van der Waals surface area contributed by atoms with Crippen molar-refractivity contribution in [3.63, 3.8) is 0 Å². The minimum Gasteiger partial charge on any atom is -0.505 e. The van der Waals surface area contributed by atoms with Gasteiger partial charge in [0.05, 0.1) is 27.5 Å². The van der Waals surface area contributed by atoms with E-state index >= 15 is 0 Å². The van der Waals surface area contributed by atoms with Gasteiger partial charge in [-0.25, -0.2) is 0 Å². The quantitative estimate of drug-likeness (QED) is 0.846. The Morgan fingerprint density at radius 1 is 1.32 bits per heavy atom. The van der Waals surface area contributed by atoms with Gasteiger partial charge >= 0.3 is 0 Å². The summed E-state index contributed by atoms with van der Waals surface area (Å²) in [7, 11) is 0. The molecule has 19 heavy (non-hydrogen) atoms. The summed E-state index contributed by atoms with van der Waals surface area (Å²) in [5, 5.41) is 12.7. The van der Waals surface area contributed by atoms with Crippen molar-refractivity contribution < 1.29 is 9.90 Å². The van der Waals surface area contributed by atoms with E-state index in [0.717, 1.165) is 0 Å². The summed E-state index contributed by atoms with van der Waals surface area (Å²) < 4.78 is 0.701. The van der Waals surface area contributed by atoms with E-state index < -0.39 is 5.91 Å². The third-order valence-corrected chi connectivity index (χ3v) is 3.34. The first-order valence-electron chi connectivity index (χ1n) is 5.08. The minimum absolute atomic E-state index is 0.0880. The molecule has 0 radical (unpaired) electrons. The molecule has 0 aliphatic carbocycles. The highest BCUT2D eigenvalue weighted by Crippen LogP contribution is 2.34. The molecule has 1 heterocycles. The molecule has 0 aliphatic heterocycles. The van der Waals surface area contributed by atoms with E-state index in [0.29, 0.717) is 14.5 Å². The lowest BCUT2D eigenvalue weighted by atomic mass is 10.2. The number of hydrogen-bond donors (Lipinski definition) is 2. The highest BCUT2D eigenvalue weighted by Gasteiger charge is 2.15. The third-order valence-electron chi connectivity index (χ3n) is 2.29. The van der Waals surface area contributed by atoms with Crippen molar-refractivity contribution in [1.29, 1.82) is 0 Å². The first-order chi connectivity index (χ1) is 8.99. The van der Waals surface area contributed by atoms with Crippen LogP contribution in [0.2, 0.25) is 10.0 Å². The van der Waals surface area contributed by atoms with Crippen molar-refractivity contribution in [2.24, 2.45) is 0 Å². The van der Waals surface area contributed by atoms with E-state index in [1.165, 1.54) is 18.5 Å². The van der Waals surface area contributed by atoms with E-state index in [2.05, 4.69) is 26.2 Å². The second kappa shape index (κ2) is 5.77. The van der Waals surface area contributed by atoms with Gasteiger partial charge in [0.2, 0.25) is 0 Å². The van der Waals surface area contributed by atoms with E-state index in [-0.39, 0.29) is 17.0 Å². The molecular formula is C12H7BrCl2N2O2. The zero-order chi connectivity index (χ0) is 14.0. The molecule has 2 aromatic rings. The maximum absolute atomic E-state index is 12.0. The average molecular weight is 362 g/mol. The minimum atomic E-state index is -0.522. The van der Waals surface area contributed by atoms with Crippen LogP contribution in [0.4, 0.5) is 5.69 Å². The Morgan fingerprint density at radius 3 is 2.53 bits per heavy atom. The largest absolute Gasteiger partial charge is 0.505 e. The van der Waals surface area contributed by atoms with Crippen molar-refractivity contribution in [2.75, 3.05) is 5.32 Å². The summed E-state index contributed by atoms with van der Waals surface area (Å²) in [6.45, 7) is 0. The van der Waals surface area contributed by atoms with Crippen LogP contribution in [-0.4, -0.2) is 16.0 Å². The molecule has 1 amide bonds. The lowest BCUT2D eigenvalue weighted by Crippen LogP contribution is -2.13. The van der Waals surface area contributed by atoms with Gasteiger partial charge in [-0.3, -0.25) is 9.78 Å². The van der Waals surface area contributed by atoms with Gasteiger partial charge < -0.3 is 10.4 Å². The number of aromatic nitrogens is 1. The fourth-order valence-electron chi connectivity index (χ4n) is 1.42. The molecule has 0 atom stereocenters. The summed E-state index contributed by atoms with van der Waals surface area (Å²) in [6, 6.07) is 4.61. The summed E-state index contributed by atoms with van der Waals surface area (Å²) >= 11 is 15.2. The molecule has 0 fully saturated rings. The number of anilines is 1. The third kappa shape index (κ3) is 3.18. The zero-order valence-corrected chi connectivity index (χ0v) is 12.4. The van der Waals surface area contributed by atoms with E-state index in [1.807, 2.05) is 0 Å². The molecule has 98 valence electrons. The van der Waals surface area contributed by atoms with Crippen LogP contribution in [0.1, 0.15) is 10.4 Å². The predicted octanol–water partition coefficient (Wildman–Crippen LogP) is 4.11. The molecule has 2 N–H and O–H groups in total. The van der Waals surface area contributed by atoms with Gasteiger partial charge in [-0.05, 0) is 18.2 Å². The molecule has 0 aliphatic rings. The lowest BCUT2D eigenvalue weighted by molar-refractivity contribution is 0.102. The Bertz CT molecular complexity index is 626. The highest BCUT2D eigenvalue weighted by atomic mass is 79.9. The molecule has 7 heteroatoms. The standard InChI is InChI=1S/C12H7BrCl2N2O2/c13-6-3-8(14)11(9(15)4-6)17-12(19)7-1-2-16-5-10(7)18/h1-5,18H,(H,17,19). The van der Waals surface area contributed by atoms with Crippen molar-refractivity contribution in [1.82, 2.24) is 4.98 Å². The maximum atomic E-state index is 12.0. The number of rotatable bonds is 2. The van der Waals surface area contributed by atoms with Crippen LogP contribution in [0, 0.1) is 0 Å². The number of benzene rings is 1. The molecule has 0 saturated heterocycles. The van der Waals surface area contributed by atoms with Crippen LogP contribution in [0.3, 0.4) is 0 Å². The molecule has 0 unspecified atom stereocenters. The van der Waals surface area contributed by atoms with Crippen LogP contribution in [-0.2, 0) is 0 Å². The van der Waals surface area contributed by atoms with Crippen LogP contribution in [0.15, 0.2) is 35.1 Å². The van der Waals surface area contributed by atoms with Crippen molar-refractivity contribution >= 4 is 50.7 Å². The van der Waals surface area contributed by atoms with Crippen molar-refractivity contribution in [2.45, 2.75) is 0 Å². The molecule has 2 rings (SSSR count). The Labute approximate surface area is 127 Å². The zero-order valence-electron chi connectivity index (χ0n) is 9.32. The topological polar surface area (TPSA) is 62.2 Å². The first kappa shape index (κ1) is 14.1. The normalized spacial score (nSPS) is 10.3. The van der Waals surface area contributed by atoms with Crippen LogP contribution in [0.25, 0.3) is 0 Å². The lowest BCUT2D eigenvalue weighted by Gasteiger charge is -2.10. The fourth-order valence-corrected chi connectivity index (χ4v) is 2.72. The summed E-state index contributed by atoms with van der Waals surface area (Å²) in [5.41, 5.74) is 0.373. The fraction of sp³-hybridized carbons (Fsp3) is 0. The number of carbonyl (C=O) groups is 1. The summed E-state index contributed by atoms with van der Waals surface area (Å²) in [6.07, 6.45) is 2.58. The van der Waals surface area contributed by atoms with Gasteiger partial charge in [0.15, 0.2) is 0 Å². The van der Waals surface area contributed by atoms with Crippen molar-refractivity contribution in [3.05, 3.63) is 50.7 Å². The monoisotopic (exact) mass is 360 g/mol. The van der Waals surface area contributed by atoms with E-state index in [9.17, 15) is 9.90 Å². The number of hydrogen-bond acceptors (Lipinski definition) is 3.